The van der Waals surface area contributed by atoms with Gasteiger partial charge in [0.25, 0.3) is 0 Å². The van der Waals surface area contributed by atoms with Crippen LogP contribution in [0.1, 0.15) is 0 Å². The van der Waals surface area contributed by atoms with E-state index in [1.165, 1.54) is 0 Å². The Morgan fingerprint density at radius 1 is 1.64 bits per heavy atom. The summed E-state index contributed by atoms with van der Waals surface area (Å²) >= 11 is 0.967. The van der Waals surface area contributed by atoms with Crippen LogP contribution < -0.4 is 11.1 Å². The van der Waals surface area contributed by atoms with Crippen LogP contribution >= 0.6 is 11.5 Å². The highest BCUT2D eigenvalue weighted by Gasteiger charge is 2.20. The molecule has 0 aliphatic rings. The fourth-order valence-corrected chi connectivity index (χ4v) is 3.03. The lowest BCUT2D eigenvalue weighted by molar-refractivity contribution is 0.311. The fraction of sp³-hybridized carbons (Fsp3) is 0.500. The normalized spacial score (nSPS) is 11.6. The van der Waals surface area contributed by atoms with Gasteiger partial charge in [0, 0.05) is 12.8 Å². The number of aliphatic hydroxyl groups excluding tert-OH is 1. The number of aromatic nitrogens is 1. The molecule has 1 aromatic heterocycles. The molecule has 0 saturated heterocycles. The average Bonchev–Trinajstić information content (AvgIpc) is 2.42. The molecule has 1 aromatic rings. The van der Waals surface area contributed by atoms with Crippen LogP contribution in [0.15, 0.2) is 4.90 Å². The van der Waals surface area contributed by atoms with E-state index in [0.717, 1.165) is 17.8 Å². The van der Waals surface area contributed by atoms with Gasteiger partial charge in [-0.3, -0.25) is 0 Å². The molecule has 1 heterocycles. The number of nitrogens with one attached hydrogen (secondary N) is 1. The predicted molar refractivity (Wildman–Crippen MR) is 55.2 cm³/mol. The topological polar surface area (TPSA) is 105 Å². The first-order chi connectivity index (χ1) is 6.46. The summed E-state index contributed by atoms with van der Waals surface area (Å²) in [7, 11) is -3.37. The summed E-state index contributed by atoms with van der Waals surface area (Å²) in [5.74, 6) is -0.00191. The molecular formula is C6H11N3O3S2. The Bertz CT molecular complexity index is 412. The highest BCUT2D eigenvalue weighted by Crippen LogP contribution is 2.30. The van der Waals surface area contributed by atoms with Crippen LogP contribution in [0.2, 0.25) is 0 Å². The molecule has 14 heavy (non-hydrogen) atoms. The van der Waals surface area contributed by atoms with Crippen molar-refractivity contribution in [3.8, 4) is 0 Å². The number of hydrogen-bond acceptors (Lipinski definition) is 7. The van der Waals surface area contributed by atoms with Gasteiger partial charge in [0.05, 0.1) is 6.61 Å². The Morgan fingerprint density at radius 2 is 2.29 bits per heavy atom. The van der Waals surface area contributed by atoms with Gasteiger partial charge in [-0.1, -0.05) is 0 Å². The molecule has 0 unspecified atom stereocenters. The van der Waals surface area contributed by atoms with Crippen molar-refractivity contribution in [1.29, 1.82) is 0 Å². The van der Waals surface area contributed by atoms with Crippen molar-refractivity contribution in [1.82, 2.24) is 4.37 Å². The number of hydrogen-bond donors (Lipinski definition) is 3. The standard InChI is InChI=1S/C6H11N3O3S2/c1-14(11,12)4-5(7)9-13-6(4)8-2-3-10/h8,10H,2-3H2,1H3,(H2,7,9). The molecule has 0 atom stereocenters. The maximum atomic E-state index is 11.3. The van der Waals surface area contributed by atoms with Crippen LogP contribution in [0.3, 0.4) is 0 Å². The highest BCUT2D eigenvalue weighted by molar-refractivity contribution is 7.91. The molecule has 0 radical (unpaired) electrons. The number of rotatable bonds is 4. The number of nitrogen functional groups attached to an aromatic ring is 1. The van der Waals surface area contributed by atoms with E-state index in [0.29, 0.717) is 5.00 Å². The molecule has 1 rings (SSSR count). The second-order valence-corrected chi connectivity index (χ2v) is 5.37. The van der Waals surface area contributed by atoms with E-state index in [4.69, 9.17) is 10.8 Å². The van der Waals surface area contributed by atoms with E-state index in [-0.39, 0.29) is 23.9 Å². The molecule has 4 N–H and O–H groups in total. The Kier molecular flexibility index (Phi) is 3.29. The third-order valence-corrected chi connectivity index (χ3v) is 3.55. The lowest BCUT2D eigenvalue weighted by Gasteiger charge is -2.02. The zero-order chi connectivity index (χ0) is 10.8. The van der Waals surface area contributed by atoms with Gasteiger partial charge >= 0.3 is 0 Å². The molecule has 0 aliphatic heterocycles. The largest absolute Gasteiger partial charge is 0.395 e. The summed E-state index contributed by atoms with van der Waals surface area (Å²) in [6.45, 7) is 0.186. The number of sulfone groups is 1. The lowest BCUT2D eigenvalue weighted by atomic mass is 10.6. The summed E-state index contributed by atoms with van der Waals surface area (Å²) in [5.41, 5.74) is 5.42. The summed E-state index contributed by atoms with van der Waals surface area (Å²) in [6, 6.07) is 0. The lowest BCUT2D eigenvalue weighted by Crippen LogP contribution is -2.08. The van der Waals surface area contributed by atoms with Gasteiger partial charge in [-0.2, -0.15) is 4.37 Å². The molecule has 0 aliphatic carbocycles. The summed E-state index contributed by atoms with van der Waals surface area (Å²) in [6.07, 6.45) is 1.07. The van der Waals surface area contributed by atoms with Gasteiger partial charge in [-0.25, -0.2) is 8.42 Å². The van der Waals surface area contributed by atoms with Crippen molar-refractivity contribution < 1.29 is 13.5 Å². The van der Waals surface area contributed by atoms with Crippen LogP contribution in [0.25, 0.3) is 0 Å². The molecule has 0 aromatic carbocycles. The predicted octanol–water partition coefficient (Wildman–Crippen LogP) is -0.467. The molecule has 80 valence electrons. The van der Waals surface area contributed by atoms with Crippen LogP contribution in [-0.4, -0.2) is 37.3 Å². The number of nitrogens with zero attached hydrogens (tertiary/aromatic N) is 1. The smallest absolute Gasteiger partial charge is 0.182 e. The monoisotopic (exact) mass is 237 g/mol. The Hall–Kier alpha value is -0.860. The first-order valence-corrected chi connectivity index (χ1v) is 6.43. The number of anilines is 2. The van der Waals surface area contributed by atoms with E-state index in [9.17, 15) is 8.42 Å². The minimum Gasteiger partial charge on any atom is -0.395 e. The maximum Gasteiger partial charge on any atom is 0.182 e. The third-order valence-electron chi connectivity index (χ3n) is 1.44. The van der Waals surface area contributed by atoms with Crippen LogP contribution in [0, 0.1) is 0 Å². The van der Waals surface area contributed by atoms with Gasteiger partial charge in [-0.15, -0.1) is 0 Å². The zero-order valence-electron chi connectivity index (χ0n) is 7.52. The van der Waals surface area contributed by atoms with Crippen molar-refractivity contribution in [2.45, 2.75) is 4.90 Å². The van der Waals surface area contributed by atoms with Gasteiger partial charge < -0.3 is 16.2 Å². The van der Waals surface area contributed by atoms with Crippen molar-refractivity contribution >= 4 is 32.2 Å². The molecular weight excluding hydrogens is 226 g/mol. The van der Waals surface area contributed by atoms with Crippen LogP contribution in [-0.2, 0) is 9.84 Å². The fourth-order valence-electron chi connectivity index (χ4n) is 0.934. The first-order valence-electron chi connectivity index (χ1n) is 3.76. The Balaban J connectivity index is 3.07. The minimum absolute atomic E-state index is 0.00191. The highest BCUT2D eigenvalue weighted by atomic mass is 32.2. The summed E-state index contributed by atoms with van der Waals surface area (Å²) in [4.78, 5) is 0.0101. The zero-order valence-corrected chi connectivity index (χ0v) is 9.15. The summed E-state index contributed by atoms with van der Waals surface area (Å²) < 4.78 is 26.3. The summed E-state index contributed by atoms with van der Waals surface area (Å²) in [5, 5.41) is 11.7. The van der Waals surface area contributed by atoms with Crippen molar-refractivity contribution in [2.24, 2.45) is 0 Å². The molecule has 6 nitrogen and oxygen atoms in total. The van der Waals surface area contributed by atoms with Crippen molar-refractivity contribution in [3.05, 3.63) is 0 Å². The first kappa shape index (κ1) is 11.2. The number of aliphatic hydroxyl groups is 1. The van der Waals surface area contributed by atoms with Crippen molar-refractivity contribution in [2.75, 3.05) is 30.5 Å². The SMILES string of the molecule is CS(=O)(=O)c1c(N)nsc1NCCO. The van der Waals surface area contributed by atoms with E-state index in [1.54, 1.807) is 0 Å². The van der Waals surface area contributed by atoms with Crippen LogP contribution in [0.5, 0.6) is 0 Å². The third kappa shape index (κ3) is 2.34. The molecule has 0 amide bonds. The average molecular weight is 237 g/mol. The van der Waals surface area contributed by atoms with E-state index < -0.39 is 9.84 Å². The molecule has 0 bridgehead atoms. The quantitative estimate of drug-likeness (QED) is 0.654. The molecule has 0 spiro atoms. The number of nitrogens with two attached hydrogens (primary N) is 1. The Labute approximate surface area is 85.8 Å². The van der Waals surface area contributed by atoms with E-state index in [1.807, 2.05) is 0 Å². The molecule has 8 heteroatoms. The van der Waals surface area contributed by atoms with Crippen molar-refractivity contribution in [3.63, 3.8) is 0 Å². The maximum absolute atomic E-state index is 11.3. The van der Waals surface area contributed by atoms with E-state index >= 15 is 0 Å². The van der Waals surface area contributed by atoms with Gasteiger partial charge in [0.2, 0.25) is 0 Å². The van der Waals surface area contributed by atoms with E-state index in [2.05, 4.69) is 9.69 Å². The van der Waals surface area contributed by atoms with Crippen LogP contribution in [0.4, 0.5) is 10.8 Å². The van der Waals surface area contributed by atoms with Gasteiger partial charge in [-0.05, 0) is 11.5 Å². The second kappa shape index (κ2) is 4.11. The molecule has 0 saturated carbocycles. The second-order valence-electron chi connectivity index (χ2n) is 2.65. The Morgan fingerprint density at radius 3 is 2.79 bits per heavy atom. The van der Waals surface area contributed by atoms with Gasteiger partial charge in [0.1, 0.15) is 9.90 Å². The minimum atomic E-state index is -3.37. The molecule has 0 fully saturated rings. The van der Waals surface area contributed by atoms with Gasteiger partial charge in [0.15, 0.2) is 15.7 Å².